The molecule has 0 saturated heterocycles. The zero-order valence-electron chi connectivity index (χ0n) is 10.0. The SMILES string of the molecule is CC(=O)CCCCOc1ccc([N+](=O)[O-])c(Cl)c1. The van der Waals surface area contributed by atoms with E-state index in [0.717, 1.165) is 12.8 Å². The molecular formula is C12H14ClNO4. The summed E-state index contributed by atoms with van der Waals surface area (Å²) in [5.41, 5.74) is -0.138. The molecule has 0 unspecified atom stereocenters. The Kier molecular flexibility index (Phi) is 5.58. The molecule has 6 heteroatoms. The van der Waals surface area contributed by atoms with Crippen molar-refractivity contribution in [3.63, 3.8) is 0 Å². The molecule has 0 bridgehead atoms. The molecule has 0 radical (unpaired) electrons. The van der Waals surface area contributed by atoms with E-state index < -0.39 is 4.92 Å². The maximum Gasteiger partial charge on any atom is 0.288 e. The van der Waals surface area contributed by atoms with E-state index in [2.05, 4.69) is 0 Å². The third-order valence-electron chi connectivity index (χ3n) is 2.31. The maximum atomic E-state index is 10.7. The number of ether oxygens (including phenoxy) is 1. The van der Waals surface area contributed by atoms with E-state index in [9.17, 15) is 14.9 Å². The number of hydrogen-bond donors (Lipinski definition) is 0. The molecule has 1 aromatic carbocycles. The fraction of sp³-hybridized carbons (Fsp3) is 0.417. The smallest absolute Gasteiger partial charge is 0.288 e. The highest BCUT2D eigenvalue weighted by atomic mass is 35.5. The normalized spacial score (nSPS) is 10.1. The molecule has 0 saturated carbocycles. The van der Waals surface area contributed by atoms with Crippen LogP contribution in [0.4, 0.5) is 5.69 Å². The minimum Gasteiger partial charge on any atom is -0.494 e. The average Bonchev–Trinajstić information content (AvgIpc) is 2.27. The second kappa shape index (κ2) is 6.96. The summed E-state index contributed by atoms with van der Waals surface area (Å²) < 4.78 is 5.39. The standard InChI is InChI=1S/C12H14ClNO4/c1-9(15)4-2-3-7-18-10-5-6-12(14(16)17)11(13)8-10/h5-6,8H,2-4,7H2,1H3. The number of carbonyl (C=O) groups is 1. The molecule has 5 nitrogen and oxygen atoms in total. The van der Waals surface area contributed by atoms with Gasteiger partial charge < -0.3 is 9.53 Å². The summed E-state index contributed by atoms with van der Waals surface area (Å²) >= 11 is 5.74. The molecule has 1 aromatic rings. The van der Waals surface area contributed by atoms with Crippen LogP contribution in [0, 0.1) is 10.1 Å². The first-order valence-electron chi connectivity index (χ1n) is 5.57. The minimum atomic E-state index is -0.543. The van der Waals surface area contributed by atoms with Gasteiger partial charge in [0.2, 0.25) is 0 Å². The Morgan fingerprint density at radius 3 is 2.72 bits per heavy atom. The van der Waals surface area contributed by atoms with Crippen molar-refractivity contribution in [2.24, 2.45) is 0 Å². The van der Waals surface area contributed by atoms with Crippen LogP contribution in [0.1, 0.15) is 26.2 Å². The lowest BCUT2D eigenvalue weighted by atomic mass is 10.2. The van der Waals surface area contributed by atoms with Gasteiger partial charge in [0.1, 0.15) is 16.6 Å². The Morgan fingerprint density at radius 2 is 2.17 bits per heavy atom. The highest BCUT2D eigenvalue weighted by molar-refractivity contribution is 6.32. The molecule has 0 spiro atoms. The molecule has 0 heterocycles. The summed E-state index contributed by atoms with van der Waals surface area (Å²) in [6.07, 6.45) is 2.08. The lowest BCUT2D eigenvalue weighted by Crippen LogP contribution is -1.99. The zero-order chi connectivity index (χ0) is 13.5. The van der Waals surface area contributed by atoms with Crippen LogP contribution >= 0.6 is 11.6 Å². The van der Waals surface area contributed by atoms with Crippen LogP contribution in [-0.2, 0) is 4.79 Å². The number of nitro groups is 1. The van der Waals surface area contributed by atoms with Gasteiger partial charge in [-0.05, 0) is 25.8 Å². The number of nitro benzene ring substituents is 1. The Bertz CT molecular complexity index is 448. The van der Waals surface area contributed by atoms with E-state index in [1.807, 2.05) is 0 Å². The molecule has 0 aliphatic carbocycles. The van der Waals surface area contributed by atoms with Gasteiger partial charge in [-0.15, -0.1) is 0 Å². The lowest BCUT2D eigenvalue weighted by molar-refractivity contribution is -0.384. The molecule has 0 aliphatic heterocycles. The Hall–Kier alpha value is -1.62. The van der Waals surface area contributed by atoms with Gasteiger partial charge in [0.25, 0.3) is 5.69 Å². The average molecular weight is 272 g/mol. The lowest BCUT2D eigenvalue weighted by Gasteiger charge is -2.06. The van der Waals surface area contributed by atoms with Crippen LogP contribution in [0.25, 0.3) is 0 Å². The van der Waals surface area contributed by atoms with Gasteiger partial charge in [-0.2, -0.15) is 0 Å². The van der Waals surface area contributed by atoms with Crippen molar-refractivity contribution < 1.29 is 14.5 Å². The number of unbranched alkanes of at least 4 members (excludes halogenated alkanes) is 1. The predicted octanol–water partition coefficient (Wildman–Crippen LogP) is 3.39. The number of nitrogens with zero attached hydrogens (tertiary/aromatic N) is 1. The zero-order valence-corrected chi connectivity index (χ0v) is 10.8. The van der Waals surface area contributed by atoms with Crippen LogP contribution < -0.4 is 4.74 Å². The van der Waals surface area contributed by atoms with Gasteiger partial charge in [0, 0.05) is 18.6 Å². The number of hydrogen-bond acceptors (Lipinski definition) is 4. The first kappa shape index (κ1) is 14.4. The van der Waals surface area contributed by atoms with Crippen molar-refractivity contribution in [2.45, 2.75) is 26.2 Å². The topological polar surface area (TPSA) is 69.4 Å². The second-order valence-electron chi connectivity index (χ2n) is 3.88. The van der Waals surface area contributed by atoms with Crippen molar-refractivity contribution >= 4 is 23.1 Å². The van der Waals surface area contributed by atoms with Crippen LogP contribution in [0.5, 0.6) is 5.75 Å². The number of halogens is 1. The Labute approximate surface area is 110 Å². The molecule has 0 N–H and O–H groups in total. The van der Waals surface area contributed by atoms with Gasteiger partial charge in [0.05, 0.1) is 11.5 Å². The van der Waals surface area contributed by atoms with Gasteiger partial charge in [-0.25, -0.2) is 0 Å². The van der Waals surface area contributed by atoms with Crippen molar-refractivity contribution in [3.8, 4) is 5.75 Å². The number of rotatable bonds is 7. The number of carbonyl (C=O) groups excluding carboxylic acids is 1. The van der Waals surface area contributed by atoms with Crippen molar-refractivity contribution in [3.05, 3.63) is 33.3 Å². The first-order chi connectivity index (χ1) is 8.50. The third kappa shape index (κ3) is 4.71. The van der Waals surface area contributed by atoms with E-state index in [1.54, 1.807) is 6.92 Å². The number of ketones is 1. The van der Waals surface area contributed by atoms with Crippen molar-refractivity contribution in [1.82, 2.24) is 0 Å². The van der Waals surface area contributed by atoms with Gasteiger partial charge in [-0.3, -0.25) is 10.1 Å². The summed E-state index contributed by atoms with van der Waals surface area (Å²) in [5, 5.41) is 10.6. The molecule has 0 amide bonds. The van der Waals surface area contributed by atoms with Crippen LogP contribution in [-0.4, -0.2) is 17.3 Å². The van der Waals surface area contributed by atoms with E-state index in [4.69, 9.17) is 16.3 Å². The predicted molar refractivity (Wildman–Crippen MR) is 68.1 cm³/mol. The van der Waals surface area contributed by atoms with E-state index in [0.29, 0.717) is 18.8 Å². The molecular weight excluding hydrogens is 258 g/mol. The van der Waals surface area contributed by atoms with E-state index in [1.165, 1.54) is 18.2 Å². The summed E-state index contributed by atoms with van der Waals surface area (Å²) in [6, 6.07) is 4.24. The van der Waals surface area contributed by atoms with Crippen molar-refractivity contribution in [1.29, 1.82) is 0 Å². The highest BCUT2D eigenvalue weighted by Gasteiger charge is 2.12. The third-order valence-corrected chi connectivity index (χ3v) is 2.61. The minimum absolute atomic E-state index is 0.0567. The van der Waals surface area contributed by atoms with Crippen LogP contribution in [0.2, 0.25) is 5.02 Å². The number of benzene rings is 1. The second-order valence-corrected chi connectivity index (χ2v) is 4.29. The first-order valence-corrected chi connectivity index (χ1v) is 5.94. The summed E-state index contributed by atoms with van der Waals surface area (Å²) in [7, 11) is 0. The van der Waals surface area contributed by atoms with Gasteiger partial charge >= 0.3 is 0 Å². The van der Waals surface area contributed by atoms with Crippen LogP contribution in [0.15, 0.2) is 18.2 Å². The molecule has 0 aliphatic rings. The van der Waals surface area contributed by atoms with Crippen LogP contribution in [0.3, 0.4) is 0 Å². The highest BCUT2D eigenvalue weighted by Crippen LogP contribution is 2.28. The van der Waals surface area contributed by atoms with Gasteiger partial charge in [-0.1, -0.05) is 11.6 Å². The molecule has 18 heavy (non-hydrogen) atoms. The fourth-order valence-corrected chi connectivity index (χ4v) is 1.63. The van der Waals surface area contributed by atoms with Crippen molar-refractivity contribution in [2.75, 3.05) is 6.61 Å². The maximum absolute atomic E-state index is 10.7. The quantitative estimate of drug-likeness (QED) is 0.433. The summed E-state index contributed by atoms with van der Waals surface area (Å²) in [6.45, 7) is 2.01. The summed E-state index contributed by atoms with van der Waals surface area (Å²) in [4.78, 5) is 20.7. The Morgan fingerprint density at radius 1 is 1.44 bits per heavy atom. The molecule has 0 atom stereocenters. The van der Waals surface area contributed by atoms with E-state index >= 15 is 0 Å². The Balaban J connectivity index is 2.42. The molecule has 0 fully saturated rings. The number of Topliss-reactive ketones (excluding diaryl/α,β-unsaturated/α-hetero) is 1. The molecule has 0 aromatic heterocycles. The summed E-state index contributed by atoms with van der Waals surface area (Å²) in [5.74, 6) is 0.654. The van der Waals surface area contributed by atoms with Gasteiger partial charge in [0.15, 0.2) is 0 Å². The molecule has 98 valence electrons. The molecule has 1 rings (SSSR count). The largest absolute Gasteiger partial charge is 0.494 e. The monoisotopic (exact) mass is 271 g/mol. The van der Waals surface area contributed by atoms with E-state index in [-0.39, 0.29) is 16.5 Å². The fourth-order valence-electron chi connectivity index (χ4n) is 1.39.